The Labute approximate surface area is 118 Å². The summed E-state index contributed by atoms with van der Waals surface area (Å²) in [6, 6.07) is 6.28. The van der Waals surface area contributed by atoms with Crippen molar-refractivity contribution in [2.75, 3.05) is 18.1 Å². The van der Waals surface area contributed by atoms with E-state index in [1.54, 1.807) is 6.92 Å². The molecule has 0 aliphatic rings. The standard InChI is InChI=1S/C14H22BrNO2/c1-10(2)16(7-4-8-17)14-6-5-12(11(3)18)9-13(14)15/h5-6,9-11,17-18H,4,7-8H2,1-3H3. The minimum atomic E-state index is -0.458. The van der Waals surface area contributed by atoms with Gasteiger partial charge in [0.05, 0.1) is 11.8 Å². The third kappa shape index (κ3) is 3.97. The number of benzene rings is 1. The summed E-state index contributed by atoms with van der Waals surface area (Å²) in [5, 5.41) is 18.5. The largest absolute Gasteiger partial charge is 0.396 e. The topological polar surface area (TPSA) is 43.7 Å². The Hall–Kier alpha value is -0.580. The zero-order valence-electron chi connectivity index (χ0n) is 11.2. The molecule has 1 atom stereocenters. The average Bonchev–Trinajstić information content (AvgIpc) is 2.30. The van der Waals surface area contributed by atoms with E-state index in [9.17, 15) is 5.11 Å². The smallest absolute Gasteiger partial charge is 0.0762 e. The Morgan fingerprint density at radius 2 is 1.94 bits per heavy atom. The van der Waals surface area contributed by atoms with Gasteiger partial charge in [-0.3, -0.25) is 0 Å². The summed E-state index contributed by atoms with van der Waals surface area (Å²) in [5.41, 5.74) is 2.00. The van der Waals surface area contributed by atoms with E-state index in [2.05, 4.69) is 34.7 Å². The van der Waals surface area contributed by atoms with E-state index < -0.39 is 6.10 Å². The van der Waals surface area contributed by atoms with E-state index in [4.69, 9.17) is 5.11 Å². The molecule has 1 aromatic rings. The van der Waals surface area contributed by atoms with Crippen molar-refractivity contribution >= 4 is 21.6 Å². The number of hydrogen-bond donors (Lipinski definition) is 2. The molecule has 4 heteroatoms. The maximum atomic E-state index is 9.56. The molecule has 0 radical (unpaired) electrons. The van der Waals surface area contributed by atoms with Crippen LogP contribution in [-0.4, -0.2) is 29.4 Å². The SMILES string of the molecule is CC(O)c1ccc(N(CCCO)C(C)C)c(Br)c1. The van der Waals surface area contributed by atoms with Crippen molar-refractivity contribution in [1.82, 2.24) is 0 Å². The van der Waals surface area contributed by atoms with Gasteiger partial charge >= 0.3 is 0 Å². The quantitative estimate of drug-likeness (QED) is 0.847. The predicted molar refractivity (Wildman–Crippen MR) is 79.0 cm³/mol. The van der Waals surface area contributed by atoms with Crippen molar-refractivity contribution in [1.29, 1.82) is 0 Å². The van der Waals surface area contributed by atoms with Crippen LogP contribution >= 0.6 is 15.9 Å². The molecule has 0 aliphatic heterocycles. The number of nitrogens with zero attached hydrogens (tertiary/aromatic N) is 1. The maximum Gasteiger partial charge on any atom is 0.0762 e. The molecule has 0 saturated heterocycles. The van der Waals surface area contributed by atoms with Gasteiger partial charge in [-0.2, -0.15) is 0 Å². The second-order valence-corrected chi connectivity index (χ2v) is 5.61. The monoisotopic (exact) mass is 315 g/mol. The third-order valence-electron chi connectivity index (χ3n) is 2.94. The van der Waals surface area contributed by atoms with Gasteiger partial charge in [0.1, 0.15) is 0 Å². The van der Waals surface area contributed by atoms with Crippen LogP contribution in [0.2, 0.25) is 0 Å². The molecular weight excluding hydrogens is 294 g/mol. The number of hydrogen-bond acceptors (Lipinski definition) is 3. The highest BCUT2D eigenvalue weighted by Gasteiger charge is 2.14. The highest BCUT2D eigenvalue weighted by molar-refractivity contribution is 9.10. The predicted octanol–water partition coefficient (Wildman–Crippen LogP) is 3.10. The first-order chi connectivity index (χ1) is 8.47. The molecule has 102 valence electrons. The van der Waals surface area contributed by atoms with E-state index in [1.165, 1.54) is 0 Å². The third-order valence-corrected chi connectivity index (χ3v) is 3.58. The molecule has 0 aromatic heterocycles. The minimum Gasteiger partial charge on any atom is -0.396 e. The Bertz CT molecular complexity index is 380. The molecular formula is C14H22BrNO2. The number of aliphatic hydroxyl groups excluding tert-OH is 2. The average molecular weight is 316 g/mol. The van der Waals surface area contributed by atoms with Crippen LogP contribution in [0.3, 0.4) is 0 Å². The van der Waals surface area contributed by atoms with Crippen molar-refractivity contribution in [3.63, 3.8) is 0 Å². The van der Waals surface area contributed by atoms with Gasteiger partial charge in [0.25, 0.3) is 0 Å². The van der Waals surface area contributed by atoms with E-state index >= 15 is 0 Å². The van der Waals surface area contributed by atoms with Gasteiger partial charge in [-0.05, 0) is 60.8 Å². The Morgan fingerprint density at radius 3 is 2.39 bits per heavy atom. The molecule has 0 heterocycles. The Kier molecular flexibility index (Phi) is 6.12. The van der Waals surface area contributed by atoms with Gasteiger partial charge in [0.2, 0.25) is 0 Å². The van der Waals surface area contributed by atoms with E-state index in [-0.39, 0.29) is 6.61 Å². The molecule has 1 aromatic carbocycles. The summed E-state index contributed by atoms with van der Waals surface area (Å²) in [6.07, 6.45) is 0.295. The molecule has 0 aliphatic carbocycles. The van der Waals surface area contributed by atoms with Crippen LogP contribution in [0.15, 0.2) is 22.7 Å². The Balaban J connectivity index is 2.98. The summed E-state index contributed by atoms with van der Waals surface area (Å²) < 4.78 is 0.979. The molecule has 3 nitrogen and oxygen atoms in total. The first-order valence-corrected chi connectivity index (χ1v) is 7.11. The zero-order chi connectivity index (χ0) is 13.7. The van der Waals surface area contributed by atoms with Crippen LogP contribution in [0.25, 0.3) is 0 Å². The van der Waals surface area contributed by atoms with Crippen LogP contribution < -0.4 is 4.90 Å². The number of halogens is 1. The van der Waals surface area contributed by atoms with Crippen LogP contribution in [0.1, 0.15) is 38.9 Å². The lowest BCUT2D eigenvalue weighted by Crippen LogP contribution is -2.32. The fourth-order valence-corrected chi connectivity index (χ4v) is 2.54. The summed E-state index contributed by atoms with van der Waals surface area (Å²) in [5.74, 6) is 0. The van der Waals surface area contributed by atoms with Gasteiger partial charge in [0, 0.05) is 23.7 Å². The lowest BCUT2D eigenvalue weighted by Gasteiger charge is -2.30. The summed E-state index contributed by atoms with van der Waals surface area (Å²) in [4.78, 5) is 2.24. The van der Waals surface area contributed by atoms with Crippen molar-refractivity contribution in [2.45, 2.75) is 39.3 Å². The van der Waals surface area contributed by atoms with Crippen LogP contribution in [0.5, 0.6) is 0 Å². The highest BCUT2D eigenvalue weighted by Crippen LogP contribution is 2.30. The van der Waals surface area contributed by atoms with Gasteiger partial charge in [0.15, 0.2) is 0 Å². The Morgan fingerprint density at radius 1 is 1.28 bits per heavy atom. The zero-order valence-corrected chi connectivity index (χ0v) is 12.8. The second kappa shape index (κ2) is 7.12. The maximum absolute atomic E-state index is 9.56. The van der Waals surface area contributed by atoms with Crippen LogP contribution in [0.4, 0.5) is 5.69 Å². The lowest BCUT2D eigenvalue weighted by atomic mass is 10.1. The molecule has 0 spiro atoms. The molecule has 0 bridgehead atoms. The lowest BCUT2D eigenvalue weighted by molar-refractivity contribution is 0.199. The second-order valence-electron chi connectivity index (χ2n) is 4.75. The van der Waals surface area contributed by atoms with Crippen molar-refractivity contribution in [2.24, 2.45) is 0 Å². The fraction of sp³-hybridized carbons (Fsp3) is 0.571. The van der Waals surface area contributed by atoms with Gasteiger partial charge in [-0.15, -0.1) is 0 Å². The van der Waals surface area contributed by atoms with Gasteiger partial charge in [-0.1, -0.05) is 6.07 Å². The normalized spacial score (nSPS) is 12.8. The first-order valence-electron chi connectivity index (χ1n) is 6.32. The van der Waals surface area contributed by atoms with Crippen molar-refractivity contribution < 1.29 is 10.2 Å². The molecule has 18 heavy (non-hydrogen) atoms. The van der Waals surface area contributed by atoms with Crippen molar-refractivity contribution in [3.8, 4) is 0 Å². The summed E-state index contributed by atoms with van der Waals surface area (Å²) in [6.45, 7) is 7.04. The molecule has 1 rings (SSSR count). The molecule has 2 N–H and O–H groups in total. The number of anilines is 1. The fourth-order valence-electron chi connectivity index (χ4n) is 1.91. The van der Waals surface area contributed by atoms with E-state index in [1.807, 2.05) is 18.2 Å². The number of aliphatic hydroxyl groups is 2. The van der Waals surface area contributed by atoms with Crippen LogP contribution in [0, 0.1) is 0 Å². The highest BCUT2D eigenvalue weighted by atomic mass is 79.9. The number of rotatable bonds is 6. The van der Waals surface area contributed by atoms with Crippen molar-refractivity contribution in [3.05, 3.63) is 28.2 Å². The molecule has 0 saturated carbocycles. The van der Waals surface area contributed by atoms with Gasteiger partial charge in [-0.25, -0.2) is 0 Å². The first kappa shape index (κ1) is 15.5. The minimum absolute atomic E-state index is 0.201. The molecule has 1 unspecified atom stereocenters. The van der Waals surface area contributed by atoms with E-state index in [0.29, 0.717) is 6.04 Å². The molecule has 0 amide bonds. The summed E-state index contributed by atoms with van der Waals surface area (Å²) >= 11 is 3.56. The summed E-state index contributed by atoms with van der Waals surface area (Å²) in [7, 11) is 0. The van der Waals surface area contributed by atoms with Gasteiger partial charge < -0.3 is 15.1 Å². The molecule has 0 fully saturated rings. The van der Waals surface area contributed by atoms with Crippen LogP contribution in [-0.2, 0) is 0 Å². The van der Waals surface area contributed by atoms with E-state index in [0.717, 1.165) is 28.7 Å².